The number of nitrogens with zero attached hydrogens (tertiary/aromatic N) is 1. The van der Waals surface area contributed by atoms with Gasteiger partial charge in [-0.3, -0.25) is 0 Å². The molecule has 1 N–H and O–H groups in total. The molecular formula is C19H32N2. The fraction of sp³-hybridized carbons (Fsp3) is 0.684. The Bertz CT molecular complexity index is 404. The van der Waals surface area contributed by atoms with Crippen molar-refractivity contribution in [3.63, 3.8) is 0 Å². The molecule has 2 heteroatoms. The van der Waals surface area contributed by atoms with Crippen LogP contribution in [0.15, 0.2) is 24.3 Å². The SMILES string of the molecule is CCc1ccc(C(C)NC(C)C2CCN(CC)CC2)cc1. The van der Waals surface area contributed by atoms with E-state index < -0.39 is 0 Å². The van der Waals surface area contributed by atoms with E-state index in [4.69, 9.17) is 0 Å². The summed E-state index contributed by atoms with van der Waals surface area (Å²) in [6, 6.07) is 10.1. The van der Waals surface area contributed by atoms with Crippen molar-refractivity contribution in [2.24, 2.45) is 5.92 Å². The summed E-state index contributed by atoms with van der Waals surface area (Å²) in [6.45, 7) is 12.9. The van der Waals surface area contributed by atoms with Gasteiger partial charge in [0.25, 0.3) is 0 Å². The number of hydrogen-bond donors (Lipinski definition) is 1. The van der Waals surface area contributed by atoms with Crippen LogP contribution in [0.5, 0.6) is 0 Å². The normalized spacial score (nSPS) is 20.4. The van der Waals surface area contributed by atoms with Crippen molar-refractivity contribution in [3.05, 3.63) is 35.4 Å². The summed E-state index contributed by atoms with van der Waals surface area (Å²) in [5.41, 5.74) is 2.83. The largest absolute Gasteiger partial charge is 0.307 e. The van der Waals surface area contributed by atoms with Gasteiger partial charge in [0.2, 0.25) is 0 Å². The zero-order valence-electron chi connectivity index (χ0n) is 14.2. The molecule has 0 radical (unpaired) electrons. The predicted octanol–water partition coefficient (Wildman–Crippen LogP) is 4.02. The van der Waals surface area contributed by atoms with Crippen molar-refractivity contribution in [2.75, 3.05) is 19.6 Å². The van der Waals surface area contributed by atoms with Crippen LogP contribution in [0.3, 0.4) is 0 Å². The molecule has 0 aromatic heterocycles. The molecule has 1 aromatic rings. The van der Waals surface area contributed by atoms with Gasteiger partial charge in [-0.25, -0.2) is 0 Å². The standard InChI is InChI=1S/C19H32N2/c1-5-17-7-9-18(10-8-17)15(3)20-16(4)19-11-13-21(6-2)14-12-19/h7-10,15-16,19-20H,5-6,11-14H2,1-4H3. The molecule has 0 amide bonds. The Morgan fingerprint density at radius 3 is 2.24 bits per heavy atom. The Balaban J connectivity index is 1.85. The minimum Gasteiger partial charge on any atom is -0.307 e. The fourth-order valence-electron chi connectivity index (χ4n) is 3.44. The first-order valence-corrected chi connectivity index (χ1v) is 8.71. The number of likely N-dealkylation sites (tertiary alicyclic amines) is 1. The maximum Gasteiger partial charge on any atom is 0.0294 e. The zero-order chi connectivity index (χ0) is 15.2. The monoisotopic (exact) mass is 288 g/mol. The molecule has 1 aliphatic heterocycles. The van der Waals surface area contributed by atoms with Crippen LogP contribution in [0.1, 0.15) is 57.7 Å². The molecule has 0 aliphatic carbocycles. The third-order valence-corrected chi connectivity index (χ3v) is 5.19. The zero-order valence-corrected chi connectivity index (χ0v) is 14.2. The van der Waals surface area contributed by atoms with E-state index in [0.717, 1.165) is 12.3 Å². The first-order chi connectivity index (χ1) is 10.1. The highest BCUT2D eigenvalue weighted by Gasteiger charge is 2.24. The van der Waals surface area contributed by atoms with Gasteiger partial charge in [-0.2, -0.15) is 0 Å². The van der Waals surface area contributed by atoms with Gasteiger partial charge in [-0.1, -0.05) is 38.1 Å². The van der Waals surface area contributed by atoms with Crippen molar-refractivity contribution in [1.29, 1.82) is 0 Å². The second-order valence-corrected chi connectivity index (χ2v) is 6.54. The second kappa shape index (κ2) is 7.95. The summed E-state index contributed by atoms with van der Waals surface area (Å²) in [5.74, 6) is 0.824. The molecule has 1 fully saturated rings. The van der Waals surface area contributed by atoms with E-state index in [9.17, 15) is 0 Å². The average molecular weight is 288 g/mol. The van der Waals surface area contributed by atoms with E-state index in [-0.39, 0.29) is 0 Å². The summed E-state index contributed by atoms with van der Waals surface area (Å²) in [4.78, 5) is 2.57. The lowest BCUT2D eigenvalue weighted by molar-refractivity contribution is 0.165. The summed E-state index contributed by atoms with van der Waals surface area (Å²) in [5, 5.41) is 3.82. The Labute approximate surface area is 130 Å². The molecular weight excluding hydrogens is 256 g/mol. The van der Waals surface area contributed by atoms with Crippen LogP contribution in [-0.2, 0) is 6.42 Å². The molecule has 118 valence electrons. The smallest absolute Gasteiger partial charge is 0.0294 e. The Kier molecular flexibility index (Phi) is 6.25. The Morgan fingerprint density at radius 1 is 1.10 bits per heavy atom. The van der Waals surface area contributed by atoms with Gasteiger partial charge in [0.15, 0.2) is 0 Å². The topological polar surface area (TPSA) is 15.3 Å². The van der Waals surface area contributed by atoms with Gasteiger partial charge in [-0.15, -0.1) is 0 Å². The van der Waals surface area contributed by atoms with E-state index in [1.54, 1.807) is 0 Å². The van der Waals surface area contributed by atoms with Crippen LogP contribution in [0.25, 0.3) is 0 Å². The summed E-state index contributed by atoms with van der Waals surface area (Å²) in [6.07, 6.45) is 3.79. The Morgan fingerprint density at radius 2 is 1.71 bits per heavy atom. The molecule has 0 saturated carbocycles. The van der Waals surface area contributed by atoms with Crippen molar-refractivity contribution in [3.8, 4) is 0 Å². The predicted molar refractivity (Wildman–Crippen MR) is 91.7 cm³/mol. The van der Waals surface area contributed by atoms with Gasteiger partial charge >= 0.3 is 0 Å². The Hall–Kier alpha value is -0.860. The molecule has 0 spiro atoms. The lowest BCUT2D eigenvalue weighted by atomic mass is 9.89. The molecule has 1 heterocycles. The minimum atomic E-state index is 0.440. The summed E-state index contributed by atoms with van der Waals surface area (Å²) < 4.78 is 0. The summed E-state index contributed by atoms with van der Waals surface area (Å²) >= 11 is 0. The van der Waals surface area contributed by atoms with Gasteiger partial charge < -0.3 is 10.2 Å². The van der Waals surface area contributed by atoms with Crippen molar-refractivity contribution >= 4 is 0 Å². The number of hydrogen-bond acceptors (Lipinski definition) is 2. The van der Waals surface area contributed by atoms with E-state index in [2.05, 4.69) is 62.2 Å². The van der Waals surface area contributed by atoms with Gasteiger partial charge in [0, 0.05) is 12.1 Å². The van der Waals surface area contributed by atoms with E-state index in [1.807, 2.05) is 0 Å². The van der Waals surface area contributed by atoms with Crippen molar-refractivity contribution < 1.29 is 0 Å². The molecule has 1 saturated heterocycles. The van der Waals surface area contributed by atoms with Crippen molar-refractivity contribution in [2.45, 2.75) is 59.0 Å². The second-order valence-electron chi connectivity index (χ2n) is 6.54. The third kappa shape index (κ3) is 4.55. The lowest BCUT2D eigenvalue weighted by Crippen LogP contribution is -2.42. The first-order valence-electron chi connectivity index (χ1n) is 8.71. The molecule has 2 nitrogen and oxygen atoms in total. The first kappa shape index (κ1) is 16.5. The molecule has 2 unspecified atom stereocenters. The maximum absolute atomic E-state index is 3.82. The molecule has 2 rings (SSSR count). The van der Waals surface area contributed by atoms with Crippen LogP contribution in [-0.4, -0.2) is 30.6 Å². The van der Waals surface area contributed by atoms with Crippen molar-refractivity contribution in [1.82, 2.24) is 10.2 Å². The highest BCUT2D eigenvalue weighted by Crippen LogP contribution is 2.23. The van der Waals surface area contributed by atoms with Gasteiger partial charge in [-0.05, 0) is 69.8 Å². The highest BCUT2D eigenvalue weighted by atomic mass is 15.1. The van der Waals surface area contributed by atoms with Crippen LogP contribution in [0, 0.1) is 5.92 Å². The fourth-order valence-corrected chi connectivity index (χ4v) is 3.44. The van der Waals surface area contributed by atoms with E-state index in [1.165, 1.54) is 43.6 Å². The average Bonchev–Trinajstić information content (AvgIpc) is 2.55. The number of rotatable bonds is 6. The number of piperidine rings is 1. The summed E-state index contributed by atoms with van der Waals surface area (Å²) in [7, 11) is 0. The molecule has 1 aromatic carbocycles. The van der Waals surface area contributed by atoms with E-state index in [0.29, 0.717) is 12.1 Å². The van der Waals surface area contributed by atoms with Crippen LogP contribution >= 0.6 is 0 Å². The van der Waals surface area contributed by atoms with Crippen LogP contribution < -0.4 is 5.32 Å². The number of nitrogens with one attached hydrogen (secondary N) is 1. The third-order valence-electron chi connectivity index (χ3n) is 5.19. The maximum atomic E-state index is 3.82. The molecule has 21 heavy (non-hydrogen) atoms. The van der Waals surface area contributed by atoms with Crippen LogP contribution in [0.2, 0.25) is 0 Å². The number of aryl methyl sites for hydroxylation is 1. The molecule has 1 aliphatic rings. The van der Waals surface area contributed by atoms with Gasteiger partial charge in [0.05, 0.1) is 0 Å². The highest BCUT2D eigenvalue weighted by molar-refractivity contribution is 5.24. The molecule has 2 atom stereocenters. The number of benzene rings is 1. The molecule has 0 bridgehead atoms. The minimum absolute atomic E-state index is 0.440. The van der Waals surface area contributed by atoms with E-state index >= 15 is 0 Å². The van der Waals surface area contributed by atoms with Crippen LogP contribution in [0.4, 0.5) is 0 Å². The quantitative estimate of drug-likeness (QED) is 0.850. The van der Waals surface area contributed by atoms with Gasteiger partial charge in [0.1, 0.15) is 0 Å². The lowest BCUT2D eigenvalue weighted by Gasteiger charge is -2.35.